The predicted molar refractivity (Wildman–Crippen MR) is 77.2 cm³/mol. The van der Waals surface area contributed by atoms with Crippen molar-refractivity contribution in [3.05, 3.63) is 35.9 Å². The first kappa shape index (κ1) is 15.7. The van der Waals surface area contributed by atoms with Gasteiger partial charge in [0.05, 0.1) is 6.61 Å². The average molecular weight is 327 g/mol. The van der Waals surface area contributed by atoms with Gasteiger partial charge >= 0.3 is 12.3 Å². The van der Waals surface area contributed by atoms with E-state index in [0.717, 1.165) is 0 Å². The Labute approximate surface area is 131 Å². The molecule has 3 rings (SSSR count). The molecule has 23 heavy (non-hydrogen) atoms. The second kappa shape index (κ2) is 5.79. The summed E-state index contributed by atoms with van der Waals surface area (Å²) >= 11 is 0. The minimum atomic E-state index is -4.73. The van der Waals surface area contributed by atoms with Gasteiger partial charge in [0.15, 0.2) is 0 Å². The molecule has 2 aliphatic rings. The Balaban J connectivity index is 1.91. The number of hydrogen-bond acceptors (Lipinski definition) is 4. The van der Waals surface area contributed by atoms with Crippen LogP contribution in [-0.2, 0) is 9.53 Å². The van der Waals surface area contributed by atoms with Gasteiger partial charge in [-0.2, -0.15) is 0 Å². The molecule has 3 atom stereocenters. The number of rotatable bonds is 3. The Morgan fingerprint density at radius 2 is 2.17 bits per heavy atom. The van der Waals surface area contributed by atoms with Crippen LogP contribution in [0.1, 0.15) is 24.8 Å². The van der Waals surface area contributed by atoms with Crippen LogP contribution < -0.4 is 10.1 Å². The molecule has 0 spiro atoms. The first-order valence-electron chi connectivity index (χ1n) is 7.38. The number of carbonyl (C=O) groups is 1. The van der Waals surface area contributed by atoms with Crippen LogP contribution in [0.4, 0.5) is 18.9 Å². The maximum absolute atomic E-state index is 12.4. The van der Waals surface area contributed by atoms with Gasteiger partial charge in [-0.15, -0.1) is 13.2 Å². The van der Waals surface area contributed by atoms with Gasteiger partial charge in [0.1, 0.15) is 11.8 Å². The molecule has 0 fully saturated rings. The van der Waals surface area contributed by atoms with E-state index in [1.165, 1.54) is 18.2 Å². The number of carbonyl (C=O) groups excluding carboxylic acids is 1. The molecule has 1 aliphatic carbocycles. The van der Waals surface area contributed by atoms with E-state index in [0.29, 0.717) is 17.7 Å². The van der Waals surface area contributed by atoms with E-state index < -0.39 is 12.4 Å². The van der Waals surface area contributed by atoms with Crippen molar-refractivity contribution < 1.29 is 27.4 Å². The summed E-state index contributed by atoms with van der Waals surface area (Å²) in [5.41, 5.74) is 1.33. The topological polar surface area (TPSA) is 47.6 Å². The Kier molecular flexibility index (Phi) is 3.95. The maximum atomic E-state index is 12.4. The molecule has 124 valence electrons. The van der Waals surface area contributed by atoms with Crippen LogP contribution in [0.2, 0.25) is 0 Å². The van der Waals surface area contributed by atoms with Crippen molar-refractivity contribution in [1.29, 1.82) is 0 Å². The smallest absolute Gasteiger partial charge is 0.464 e. The number of ether oxygens (including phenoxy) is 2. The minimum absolute atomic E-state index is 0.0670. The van der Waals surface area contributed by atoms with E-state index in [-0.39, 0.29) is 30.2 Å². The molecular weight excluding hydrogens is 311 g/mol. The van der Waals surface area contributed by atoms with Gasteiger partial charge in [-0.1, -0.05) is 12.2 Å². The summed E-state index contributed by atoms with van der Waals surface area (Å²) < 4.78 is 46.2. The predicted octanol–water partition coefficient (Wildman–Crippen LogP) is 3.60. The van der Waals surface area contributed by atoms with Crippen LogP contribution >= 0.6 is 0 Å². The zero-order valence-electron chi connectivity index (χ0n) is 12.4. The van der Waals surface area contributed by atoms with E-state index in [9.17, 15) is 18.0 Å². The van der Waals surface area contributed by atoms with E-state index >= 15 is 0 Å². The van der Waals surface area contributed by atoms with Crippen molar-refractivity contribution in [3.8, 4) is 5.75 Å². The highest BCUT2D eigenvalue weighted by molar-refractivity contribution is 5.82. The van der Waals surface area contributed by atoms with Gasteiger partial charge in [0.2, 0.25) is 0 Å². The normalized spacial score (nSPS) is 25.3. The molecule has 0 aromatic heterocycles. The van der Waals surface area contributed by atoms with Crippen molar-refractivity contribution >= 4 is 11.7 Å². The van der Waals surface area contributed by atoms with Crippen LogP contribution in [0, 0.1) is 5.92 Å². The van der Waals surface area contributed by atoms with Gasteiger partial charge < -0.3 is 14.8 Å². The number of halogens is 3. The van der Waals surface area contributed by atoms with Gasteiger partial charge in [0.25, 0.3) is 0 Å². The third-order valence-electron chi connectivity index (χ3n) is 4.11. The van der Waals surface area contributed by atoms with Crippen molar-refractivity contribution in [2.24, 2.45) is 5.92 Å². The molecule has 0 saturated heterocycles. The lowest BCUT2D eigenvalue weighted by molar-refractivity contribution is -0.274. The summed E-state index contributed by atoms with van der Waals surface area (Å²) in [7, 11) is 0. The number of allylic oxidation sites excluding steroid dienone is 2. The van der Waals surface area contributed by atoms with E-state index in [1.54, 1.807) is 6.92 Å². The van der Waals surface area contributed by atoms with Gasteiger partial charge in [-0.25, -0.2) is 4.79 Å². The van der Waals surface area contributed by atoms with Crippen LogP contribution in [0.3, 0.4) is 0 Å². The number of nitrogens with one attached hydrogen (secondary N) is 1. The minimum Gasteiger partial charge on any atom is -0.464 e. The maximum Gasteiger partial charge on any atom is 0.573 e. The molecular formula is C16H16F3NO3. The van der Waals surface area contributed by atoms with Gasteiger partial charge in [-0.3, -0.25) is 0 Å². The Hall–Kier alpha value is -2.18. The van der Waals surface area contributed by atoms with Gasteiger partial charge in [0, 0.05) is 17.5 Å². The molecule has 1 aromatic carbocycles. The number of esters is 1. The monoisotopic (exact) mass is 327 g/mol. The number of anilines is 1. The molecule has 4 nitrogen and oxygen atoms in total. The third-order valence-corrected chi connectivity index (χ3v) is 4.11. The molecule has 7 heteroatoms. The quantitative estimate of drug-likeness (QED) is 0.681. The van der Waals surface area contributed by atoms with Crippen molar-refractivity contribution in [3.63, 3.8) is 0 Å². The summed E-state index contributed by atoms with van der Waals surface area (Å²) in [6.45, 7) is 2.02. The van der Waals surface area contributed by atoms with E-state index in [4.69, 9.17) is 4.74 Å². The number of benzene rings is 1. The lowest BCUT2D eigenvalue weighted by Crippen LogP contribution is -2.43. The zero-order valence-corrected chi connectivity index (χ0v) is 12.4. The van der Waals surface area contributed by atoms with E-state index in [2.05, 4.69) is 10.1 Å². The number of fused-ring (bicyclic) bond motifs is 3. The summed E-state index contributed by atoms with van der Waals surface area (Å²) in [6.07, 6.45) is -0.191. The fraction of sp³-hybridized carbons (Fsp3) is 0.438. The first-order valence-corrected chi connectivity index (χ1v) is 7.38. The summed E-state index contributed by atoms with van der Waals surface area (Å²) in [5.74, 6) is -0.792. The van der Waals surface area contributed by atoms with Crippen LogP contribution in [0.5, 0.6) is 5.75 Å². The molecule has 0 bridgehead atoms. The lowest BCUT2D eigenvalue weighted by Gasteiger charge is -2.35. The average Bonchev–Trinajstić information content (AvgIpc) is 2.94. The Morgan fingerprint density at radius 3 is 2.87 bits per heavy atom. The summed E-state index contributed by atoms with van der Waals surface area (Å²) in [6, 6.07) is 3.62. The molecule has 1 N–H and O–H groups in total. The van der Waals surface area contributed by atoms with E-state index in [1.807, 2.05) is 12.2 Å². The Morgan fingerprint density at radius 1 is 1.39 bits per heavy atom. The number of alkyl halides is 3. The zero-order chi connectivity index (χ0) is 16.6. The largest absolute Gasteiger partial charge is 0.573 e. The van der Waals surface area contributed by atoms with Crippen molar-refractivity contribution in [1.82, 2.24) is 0 Å². The molecule has 0 saturated carbocycles. The lowest BCUT2D eigenvalue weighted by atomic mass is 9.79. The summed E-state index contributed by atoms with van der Waals surface area (Å²) in [4.78, 5) is 12.1. The fourth-order valence-corrected chi connectivity index (χ4v) is 3.23. The van der Waals surface area contributed by atoms with Gasteiger partial charge in [-0.05, 0) is 37.1 Å². The third kappa shape index (κ3) is 3.13. The summed E-state index contributed by atoms with van der Waals surface area (Å²) in [5, 5.41) is 3.09. The number of hydrogen-bond donors (Lipinski definition) is 1. The van der Waals surface area contributed by atoms with Crippen LogP contribution in [-0.4, -0.2) is 25.0 Å². The first-order chi connectivity index (χ1) is 10.9. The molecule has 1 heterocycles. The fourth-order valence-electron chi connectivity index (χ4n) is 3.23. The molecule has 3 unspecified atom stereocenters. The highest BCUT2D eigenvalue weighted by Gasteiger charge is 2.42. The molecule has 0 amide bonds. The highest BCUT2D eigenvalue weighted by Crippen LogP contribution is 2.46. The molecule has 1 aromatic rings. The van der Waals surface area contributed by atoms with Crippen LogP contribution in [0.15, 0.2) is 30.4 Å². The standard InChI is InChI=1S/C16H16F3NO3/c1-2-22-15(21)14-11-5-3-4-10(11)12-8-9(23-16(17,18)19)6-7-13(12)20-14/h3-4,6-8,10-11,14,20H,2,5H2,1H3. The van der Waals surface area contributed by atoms with Crippen molar-refractivity contribution in [2.45, 2.75) is 31.7 Å². The highest BCUT2D eigenvalue weighted by atomic mass is 19.4. The van der Waals surface area contributed by atoms with Crippen molar-refractivity contribution in [2.75, 3.05) is 11.9 Å². The second-order valence-corrected chi connectivity index (χ2v) is 5.52. The molecule has 1 aliphatic heterocycles. The molecule has 0 radical (unpaired) electrons. The van der Waals surface area contributed by atoms with Crippen LogP contribution in [0.25, 0.3) is 0 Å². The second-order valence-electron chi connectivity index (χ2n) is 5.52. The SMILES string of the molecule is CCOC(=O)C1Nc2ccc(OC(F)(F)F)cc2C2C=CCC12. The Bertz CT molecular complexity index is 642.